The third-order valence-electron chi connectivity index (χ3n) is 3.51. The average molecular weight is 255 g/mol. The zero-order chi connectivity index (χ0) is 13.6. The minimum Gasteiger partial charge on any atom is -0.388 e. The van der Waals surface area contributed by atoms with Crippen molar-refractivity contribution in [1.29, 1.82) is 0 Å². The molecule has 98 valence electrons. The van der Waals surface area contributed by atoms with Crippen LogP contribution in [0.2, 0.25) is 0 Å². The number of rotatable bonds is 2. The van der Waals surface area contributed by atoms with Gasteiger partial charge in [-0.05, 0) is 30.2 Å². The van der Waals surface area contributed by atoms with Crippen LogP contribution in [0.15, 0.2) is 24.4 Å². The Morgan fingerprint density at radius 3 is 2.79 bits per heavy atom. The lowest BCUT2D eigenvalue weighted by molar-refractivity contribution is 0.930. The van der Waals surface area contributed by atoms with Gasteiger partial charge in [-0.2, -0.15) is 5.10 Å². The fourth-order valence-corrected chi connectivity index (χ4v) is 2.51. The molecule has 0 saturated heterocycles. The first-order chi connectivity index (χ1) is 9.11. The fourth-order valence-electron chi connectivity index (χ4n) is 2.51. The molecule has 5 nitrogen and oxygen atoms in total. The van der Waals surface area contributed by atoms with Crippen LogP contribution in [0.4, 0.5) is 11.5 Å². The van der Waals surface area contributed by atoms with E-state index < -0.39 is 0 Å². The molecule has 0 aliphatic carbocycles. The number of aromatic nitrogens is 3. The number of nitrogen functional groups attached to an aromatic ring is 1. The van der Waals surface area contributed by atoms with Crippen LogP contribution in [0, 0.1) is 6.92 Å². The molecule has 4 N–H and O–H groups in total. The molecule has 0 spiro atoms. The van der Waals surface area contributed by atoms with Crippen molar-refractivity contribution in [2.75, 3.05) is 18.1 Å². The van der Waals surface area contributed by atoms with E-state index in [0.29, 0.717) is 5.82 Å². The highest BCUT2D eigenvalue weighted by Crippen LogP contribution is 2.35. The van der Waals surface area contributed by atoms with Crippen molar-refractivity contribution in [3.8, 4) is 11.1 Å². The smallest absolute Gasteiger partial charge is 0.164 e. The molecule has 0 aliphatic heterocycles. The zero-order valence-corrected chi connectivity index (χ0v) is 11.3. The third kappa shape index (κ3) is 1.66. The average Bonchev–Trinajstić information content (AvgIpc) is 2.92. The molecule has 0 unspecified atom stereocenters. The summed E-state index contributed by atoms with van der Waals surface area (Å²) >= 11 is 0. The second-order valence-electron chi connectivity index (χ2n) is 4.77. The van der Waals surface area contributed by atoms with Gasteiger partial charge < -0.3 is 15.6 Å². The highest BCUT2D eigenvalue weighted by atomic mass is 15.2. The number of anilines is 2. The van der Waals surface area contributed by atoms with Crippen LogP contribution in [0.5, 0.6) is 0 Å². The van der Waals surface area contributed by atoms with Crippen molar-refractivity contribution in [2.45, 2.75) is 6.92 Å². The van der Waals surface area contributed by atoms with E-state index in [0.717, 1.165) is 22.3 Å². The maximum absolute atomic E-state index is 5.99. The van der Waals surface area contributed by atoms with Gasteiger partial charge in [-0.25, -0.2) is 0 Å². The Hall–Kier alpha value is -2.43. The van der Waals surface area contributed by atoms with Gasteiger partial charge in [0.25, 0.3) is 0 Å². The Labute approximate surface area is 111 Å². The number of hydrogen-bond acceptors (Lipinski definition) is 3. The second kappa shape index (κ2) is 4.05. The van der Waals surface area contributed by atoms with E-state index in [2.05, 4.69) is 46.8 Å². The van der Waals surface area contributed by atoms with Gasteiger partial charge in [0, 0.05) is 31.5 Å². The van der Waals surface area contributed by atoms with E-state index in [9.17, 15) is 0 Å². The lowest BCUT2D eigenvalue weighted by Gasteiger charge is -2.07. The van der Waals surface area contributed by atoms with E-state index in [1.807, 2.05) is 18.7 Å². The summed E-state index contributed by atoms with van der Waals surface area (Å²) in [6, 6.07) is 6.31. The van der Waals surface area contributed by atoms with Crippen molar-refractivity contribution in [2.24, 2.45) is 7.05 Å². The first-order valence-corrected chi connectivity index (χ1v) is 6.19. The maximum atomic E-state index is 5.99. The normalized spacial score (nSPS) is 11.1. The molecule has 0 aliphatic rings. The van der Waals surface area contributed by atoms with Crippen LogP contribution in [0.3, 0.4) is 0 Å². The summed E-state index contributed by atoms with van der Waals surface area (Å²) in [6.45, 7) is 2.10. The van der Waals surface area contributed by atoms with Gasteiger partial charge >= 0.3 is 0 Å². The van der Waals surface area contributed by atoms with Crippen molar-refractivity contribution in [3.63, 3.8) is 0 Å². The Morgan fingerprint density at radius 2 is 2.11 bits per heavy atom. The lowest BCUT2D eigenvalue weighted by atomic mass is 10.0. The first kappa shape index (κ1) is 11.6. The number of aryl methyl sites for hydroxylation is 2. The third-order valence-corrected chi connectivity index (χ3v) is 3.51. The number of benzene rings is 1. The van der Waals surface area contributed by atoms with Crippen molar-refractivity contribution < 1.29 is 0 Å². The Kier molecular flexibility index (Phi) is 2.48. The number of fused-ring (bicyclic) bond motifs is 1. The molecule has 0 amide bonds. The van der Waals surface area contributed by atoms with Crippen molar-refractivity contribution in [1.82, 2.24) is 14.8 Å². The quantitative estimate of drug-likeness (QED) is 0.659. The van der Waals surface area contributed by atoms with Crippen LogP contribution < -0.4 is 11.1 Å². The number of aromatic amines is 1. The molecule has 3 rings (SSSR count). The van der Waals surface area contributed by atoms with E-state index >= 15 is 0 Å². The highest BCUT2D eigenvalue weighted by molar-refractivity contribution is 6.01. The Morgan fingerprint density at radius 1 is 1.32 bits per heavy atom. The molecule has 0 radical (unpaired) electrons. The SMILES string of the molecule is CNc1ccc(-c2cn(C)c3n[nH]c(N)c23)c(C)c1. The van der Waals surface area contributed by atoms with Gasteiger partial charge in [0.15, 0.2) is 5.65 Å². The summed E-state index contributed by atoms with van der Waals surface area (Å²) in [4.78, 5) is 0. The van der Waals surface area contributed by atoms with Crippen molar-refractivity contribution >= 4 is 22.5 Å². The molecule has 3 aromatic rings. The van der Waals surface area contributed by atoms with Gasteiger partial charge in [-0.3, -0.25) is 5.10 Å². The molecular weight excluding hydrogens is 238 g/mol. The number of nitrogens with one attached hydrogen (secondary N) is 2. The highest BCUT2D eigenvalue weighted by Gasteiger charge is 2.15. The lowest BCUT2D eigenvalue weighted by Crippen LogP contribution is -1.91. The topological polar surface area (TPSA) is 71.7 Å². The standard InChI is InChI=1S/C14H17N5/c1-8-6-9(16-2)4-5-10(8)11-7-19(3)14-12(11)13(15)17-18-14/h4-7,16H,1-3H3,(H3,15,17,18). The van der Waals surface area contributed by atoms with Gasteiger partial charge in [0.05, 0.1) is 5.39 Å². The fraction of sp³-hybridized carbons (Fsp3) is 0.214. The Balaban J connectivity index is 2.27. The number of nitrogens with two attached hydrogens (primary N) is 1. The molecule has 19 heavy (non-hydrogen) atoms. The molecule has 0 fully saturated rings. The van der Waals surface area contributed by atoms with Crippen molar-refractivity contribution in [3.05, 3.63) is 30.0 Å². The number of nitrogens with zero attached hydrogens (tertiary/aromatic N) is 2. The van der Waals surface area contributed by atoms with Crippen LogP contribution in [-0.4, -0.2) is 21.8 Å². The van der Waals surface area contributed by atoms with Gasteiger partial charge in [-0.15, -0.1) is 0 Å². The van der Waals surface area contributed by atoms with Crippen LogP contribution in [0.25, 0.3) is 22.2 Å². The molecule has 0 bridgehead atoms. The molecule has 1 aromatic carbocycles. The summed E-state index contributed by atoms with van der Waals surface area (Å²) in [5.74, 6) is 0.614. The molecular formula is C14H17N5. The summed E-state index contributed by atoms with van der Waals surface area (Å²) in [5, 5.41) is 11.2. The number of hydrogen-bond donors (Lipinski definition) is 3. The van der Waals surface area contributed by atoms with E-state index in [1.54, 1.807) is 0 Å². The Bertz CT molecular complexity index is 751. The summed E-state index contributed by atoms with van der Waals surface area (Å²) in [5.41, 5.74) is 11.5. The largest absolute Gasteiger partial charge is 0.388 e. The molecule has 0 saturated carbocycles. The summed E-state index contributed by atoms with van der Waals surface area (Å²) in [6.07, 6.45) is 2.07. The molecule has 2 heterocycles. The van der Waals surface area contributed by atoms with Crippen LogP contribution in [-0.2, 0) is 7.05 Å². The van der Waals surface area contributed by atoms with Gasteiger partial charge in [0.2, 0.25) is 0 Å². The monoisotopic (exact) mass is 255 g/mol. The van der Waals surface area contributed by atoms with Gasteiger partial charge in [0.1, 0.15) is 5.82 Å². The minimum atomic E-state index is 0.614. The predicted octanol–water partition coefficient (Wildman–Crippen LogP) is 2.50. The maximum Gasteiger partial charge on any atom is 0.164 e. The molecule has 2 aromatic heterocycles. The van der Waals surface area contributed by atoms with E-state index in [1.165, 1.54) is 11.1 Å². The molecule has 0 atom stereocenters. The second-order valence-corrected chi connectivity index (χ2v) is 4.77. The molecule has 5 heteroatoms. The minimum absolute atomic E-state index is 0.614. The van der Waals surface area contributed by atoms with E-state index in [-0.39, 0.29) is 0 Å². The predicted molar refractivity (Wildman–Crippen MR) is 79.2 cm³/mol. The van der Waals surface area contributed by atoms with Crippen LogP contribution >= 0.6 is 0 Å². The summed E-state index contributed by atoms with van der Waals surface area (Å²) < 4.78 is 1.99. The van der Waals surface area contributed by atoms with E-state index in [4.69, 9.17) is 5.73 Å². The summed E-state index contributed by atoms with van der Waals surface area (Å²) in [7, 11) is 3.90. The first-order valence-electron chi connectivity index (χ1n) is 6.19. The van der Waals surface area contributed by atoms with Crippen LogP contribution in [0.1, 0.15) is 5.56 Å². The van der Waals surface area contributed by atoms with Gasteiger partial charge in [-0.1, -0.05) is 6.07 Å². The number of H-pyrrole nitrogens is 1. The zero-order valence-electron chi connectivity index (χ0n) is 11.3.